The van der Waals surface area contributed by atoms with Gasteiger partial charge in [-0.15, -0.1) is 23.1 Å². The molecule has 1 N–H and O–H groups in total. The highest BCUT2D eigenvalue weighted by Crippen LogP contribution is 2.33. The molecule has 1 amide bonds. The van der Waals surface area contributed by atoms with Crippen LogP contribution in [0.2, 0.25) is 0 Å². The molecule has 4 aromatic rings. The molecule has 4 heterocycles. The molecule has 1 aliphatic rings. The van der Waals surface area contributed by atoms with E-state index in [-0.39, 0.29) is 18.1 Å². The van der Waals surface area contributed by atoms with Crippen LogP contribution in [0.1, 0.15) is 35.5 Å². The third kappa shape index (κ3) is 5.14. The molecule has 1 aliphatic heterocycles. The second-order valence-electron chi connectivity index (χ2n) is 8.50. The summed E-state index contributed by atoms with van der Waals surface area (Å²) in [7, 11) is 0. The number of hydrogen-bond donors (Lipinski definition) is 1. The number of para-hydroxylation sites is 1. The van der Waals surface area contributed by atoms with Crippen LogP contribution >= 0.6 is 23.1 Å². The number of thioether (sulfide) groups is 1. The zero-order valence-electron chi connectivity index (χ0n) is 19.2. The summed E-state index contributed by atoms with van der Waals surface area (Å²) in [6, 6.07) is 16.0. The molecule has 8 heteroatoms. The lowest BCUT2D eigenvalue weighted by molar-refractivity contribution is -0.00546. The summed E-state index contributed by atoms with van der Waals surface area (Å²) in [5.41, 5.74) is 2.60. The van der Waals surface area contributed by atoms with Gasteiger partial charge in [0.15, 0.2) is 5.76 Å². The first-order valence-electron chi connectivity index (χ1n) is 11.4. The maximum Gasteiger partial charge on any atom is 0.287 e. The summed E-state index contributed by atoms with van der Waals surface area (Å²) in [4.78, 5) is 20.0. The van der Waals surface area contributed by atoms with E-state index in [0.29, 0.717) is 18.1 Å². The van der Waals surface area contributed by atoms with E-state index in [1.54, 1.807) is 23.1 Å². The Labute approximate surface area is 207 Å². The van der Waals surface area contributed by atoms with Gasteiger partial charge in [-0.2, -0.15) is 0 Å². The van der Waals surface area contributed by atoms with Gasteiger partial charge >= 0.3 is 0 Å². The molecule has 0 saturated carbocycles. The highest BCUT2D eigenvalue weighted by atomic mass is 32.2. The van der Waals surface area contributed by atoms with E-state index in [9.17, 15) is 4.79 Å². The summed E-state index contributed by atoms with van der Waals surface area (Å²) in [5, 5.41) is 6.05. The van der Waals surface area contributed by atoms with Crippen molar-refractivity contribution in [3.63, 3.8) is 0 Å². The Morgan fingerprint density at radius 2 is 1.97 bits per heavy atom. The molecule has 0 bridgehead atoms. The number of thiophene rings is 1. The number of fused-ring (bicyclic) bond motifs is 1. The first-order chi connectivity index (χ1) is 16.6. The molecule has 0 radical (unpaired) electrons. The van der Waals surface area contributed by atoms with Crippen molar-refractivity contribution < 1.29 is 13.9 Å². The average Bonchev–Trinajstić information content (AvgIpc) is 3.49. The minimum Gasteiger partial charge on any atom is -0.451 e. The third-order valence-corrected chi connectivity index (χ3v) is 7.92. The van der Waals surface area contributed by atoms with Gasteiger partial charge in [-0.1, -0.05) is 30.3 Å². The number of anilines is 1. The van der Waals surface area contributed by atoms with Gasteiger partial charge in [0.05, 0.1) is 16.4 Å². The molecule has 0 spiro atoms. The van der Waals surface area contributed by atoms with Crippen LogP contribution in [0.4, 0.5) is 5.82 Å². The molecular weight excluding hydrogens is 466 g/mol. The Morgan fingerprint density at radius 3 is 2.71 bits per heavy atom. The van der Waals surface area contributed by atoms with Crippen molar-refractivity contribution in [1.29, 1.82) is 0 Å². The van der Waals surface area contributed by atoms with Gasteiger partial charge in [0.25, 0.3) is 5.91 Å². The molecule has 1 saturated heterocycles. The van der Waals surface area contributed by atoms with Crippen LogP contribution < -0.4 is 10.2 Å². The van der Waals surface area contributed by atoms with Gasteiger partial charge < -0.3 is 19.4 Å². The van der Waals surface area contributed by atoms with Crippen molar-refractivity contribution in [2.24, 2.45) is 0 Å². The number of nitrogens with one attached hydrogen (secondary N) is 1. The number of furan rings is 1. The molecule has 5 rings (SSSR count). The monoisotopic (exact) mass is 493 g/mol. The van der Waals surface area contributed by atoms with Gasteiger partial charge in [0, 0.05) is 42.5 Å². The van der Waals surface area contributed by atoms with Crippen LogP contribution in [0.3, 0.4) is 0 Å². The summed E-state index contributed by atoms with van der Waals surface area (Å²) >= 11 is 3.41. The van der Waals surface area contributed by atoms with Crippen molar-refractivity contribution in [3.05, 3.63) is 77.0 Å². The number of ether oxygens (including phenoxy) is 1. The van der Waals surface area contributed by atoms with Crippen molar-refractivity contribution in [2.45, 2.75) is 42.6 Å². The lowest BCUT2D eigenvalue weighted by Gasteiger charge is -2.36. The van der Waals surface area contributed by atoms with Crippen molar-refractivity contribution in [2.75, 3.05) is 18.0 Å². The van der Waals surface area contributed by atoms with E-state index in [2.05, 4.69) is 40.5 Å². The fourth-order valence-electron chi connectivity index (χ4n) is 4.25. The topological polar surface area (TPSA) is 67.6 Å². The Bertz CT molecular complexity index is 1240. The average molecular weight is 494 g/mol. The van der Waals surface area contributed by atoms with Crippen LogP contribution in [0.25, 0.3) is 11.0 Å². The van der Waals surface area contributed by atoms with Crippen LogP contribution in [0, 0.1) is 0 Å². The molecule has 2 atom stereocenters. The summed E-state index contributed by atoms with van der Waals surface area (Å²) in [5.74, 6) is 1.78. The molecule has 176 valence electrons. The fourth-order valence-corrected chi connectivity index (χ4v) is 6.06. The number of pyridine rings is 1. The first-order valence-corrected chi connectivity index (χ1v) is 13.2. The SMILES string of the molecule is CC1CN(c2ccc(CNC(=O)c3oc4ccccc4c3CSc3cccs3)cn2)CC(C)O1. The maximum absolute atomic E-state index is 13.1. The summed E-state index contributed by atoms with van der Waals surface area (Å²) in [6.07, 6.45) is 2.19. The first kappa shape index (κ1) is 23.0. The van der Waals surface area contributed by atoms with Crippen LogP contribution in [-0.2, 0) is 17.0 Å². The van der Waals surface area contributed by atoms with Crippen LogP contribution in [0.15, 0.2) is 68.7 Å². The molecule has 0 aliphatic carbocycles. The summed E-state index contributed by atoms with van der Waals surface area (Å²) < 4.78 is 13.0. The molecule has 34 heavy (non-hydrogen) atoms. The van der Waals surface area contributed by atoms with E-state index >= 15 is 0 Å². The predicted molar refractivity (Wildman–Crippen MR) is 138 cm³/mol. The summed E-state index contributed by atoms with van der Waals surface area (Å²) in [6.45, 7) is 6.20. The maximum atomic E-state index is 13.1. The van der Waals surface area contributed by atoms with Gasteiger partial charge in [0.1, 0.15) is 11.4 Å². The van der Waals surface area contributed by atoms with Gasteiger partial charge in [0.2, 0.25) is 0 Å². The second kappa shape index (κ2) is 10.2. The highest BCUT2D eigenvalue weighted by Gasteiger charge is 2.23. The normalized spacial score (nSPS) is 18.4. The Kier molecular flexibility index (Phi) is 6.89. The lowest BCUT2D eigenvalue weighted by atomic mass is 10.1. The van der Waals surface area contributed by atoms with E-state index in [1.165, 1.54) is 4.21 Å². The van der Waals surface area contributed by atoms with E-state index in [4.69, 9.17) is 9.15 Å². The smallest absolute Gasteiger partial charge is 0.287 e. The standard InChI is InChI=1S/C26H27N3O3S2/c1-17-14-29(15-18(2)31-17)23-10-9-19(12-27-23)13-28-26(30)25-21(16-34-24-8-5-11-33-24)20-6-3-4-7-22(20)32-25/h3-12,17-18H,13-16H2,1-2H3,(H,28,30). The number of carbonyl (C=O) groups excluding carboxylic acids is 1. The third-order valence-electron chi connectivity index (χ3n) is 5.76. The number of carbonyl (C=O) groups is 1. The predicted octanol–water partition coefficient (Wildman–Crippen LogP) is 5.73. The van der Waals surface area contributed by atoms with Crippen molar-refractivity contribution in [3.8, 4) is 0 Å². The van der Waals surface area contributed by atoms with Crippen LogP contribution in [-0.4, -0.2) is 36.2 Å². The zero-order chi connectivity index (χ0) is 23.5. The van der Waals surface area contributed by atoms with Crippen molar-refractivity contribution >= 4 is 45.8 Å². The Balaban J connectivity index is 1.27. The van der Waals surface area contributed by atoms with Gasteiger partial charge in [-0.25, -0.2) is 4.98 Å². The van der Waals surface area contributed by atoms with Gasteiger partial charge in [-0.3, -0.25) is 4.79 Å². The fraction of sp³-hybridized carbons (Fsp3) is 0.308. The lowest BCUT2D eigenvalue weighted by Crippen LogP contribution is -2.45. The molecular formula is C26H27N3O3S2. The van der Waals surface area contributed by atoms with Crippen molar-refractivity contribution in [1.82, 2.24) is 10.3 Å². The molecule has 6 nitrogen and oxygen atoms in total. The quantitative estimate of drug-likeness (QED) is 0.332. The minimum absolute atomic E-state index is 0.181. The molecule has 2 unspecified atom stereocenters. The molecule has 3 aromatic heterocycles. The Morgan fingerprint density at radius 1 is 1.15 bits per heavy atom. The minimum atomic E-state index is -0.210. The van der Waals surface area contributed by atoms with E-state index in [0.717, 1.165) is 41.0 Å². The number of morpholine rings is 1. The van der Waals surface area contributed by atoms with Gasteiger partial charge in [-0.05, 0) is 43.0 Å². The number of rotatable bonds is 7. The Hall–Kier alpha value is -2.81. The van der Waals surface area contributed by atoms with E-state index < -0.39 is 0 Å². The largest absolute Gasteiger partial charge is 0.451 e. The molecule has 1 fully saturated rings. The van der Waals surface area contributed by atoms with E-state index in [1.807, 2.05) is 48.7 Å². The van der Waals surface area contributed by atoms with Crippen LogP contribution in [0.5, 0.6) is 0 Å². The zero-order valence-corrected chi connectivity index (χ0v) is 20.8. The number of amides is 1. The number of aromatic nitrogens is 1. The molecule has 1 aromatic carbocycles. The second-order valence-corrected chi connectivity index (χ2v) is 10.7. The number of hydrogen-bond acceptors (Lipinski definition) is 7. The highest BCUT2D eigenvalue weighted by molar-refractivity contribution is 8.00. The number of benzene rings is 1. The number of nitrogens with zero attached hydrogens (tertiary/aromatic N) is 2.